The normalized spacial score (nSPS) is 13.2. The van der Waals surface area contributed by atoms with E-state index in [1.165, 1.54) is 11.6 Å². The first-order chi connectivity index (χ1) is 11.9. The summed E-state index contributed by atoms with van der Waals surface area (Å²) in [6, 6.07) is 7.31. The molecule has 0 saturated carbocycles. The van der Waals surface area contributed by atoms with E-state index in [4.69, 9.17) is 4.74 Å². The van der Waals surface area contributed by atoms with E-state index in [0.717, 1.165) is 9.04 Å². The Bertz CT molecular complexity index is 1190. The summed E-state index contributed by atoms with van der Waals surface area (Å²) in [6.45, 7) is 0.0779. The Balaban J connectivity index is 2.31. The second-order valence-corrected chi connectivity index (χ2v) is 6.79. The average Bonchev–Trinajstić information content (AvgIpc) is 2.97. The number of carbonyl (C=O) groups is 1. The molecule has 0 saturated heterocycles. The lowest BCUT2D eigenvalue weighted by molar-refractivity contribution is -0.365. The van der Waals surface area contributed by atoms with Crippen LogP contribution in [-0.2, 0) is 25.4 Å². The van der Waals surface area contributed by atoms with Crippen molar-refractivity contribution in [2.24, 2.45) is 14.1 Å². The molecule has 0 bridgehead atoms. The van der Waals surface area contributed by atoms with Crippen LogP contribution in [0.2, 0.25) is 0 Å². The van der Waals surface area contributed by atoms with Gasteiger partial charge in [-0.05, 0) is 17.7 Å². The van der Waals surface area contributed by atoms with Crippen LogP contribution in [0.5, 0.6) is 0 Å². The summed E-state index contributed by atoms with van der Waals surface area (Å²) in [5, 5.41) is 0.278. The van der Waals surface area contributed by atoms with Gasteiger partial charge in [0.1, 0.15) is 10.9 Å². The summed E-state index contributed by atoms with van der Waals surface area (Å²) in [4.78, 5) is 40.5. The molecular weight excluding hydrogens is 390 g/mol. The van der Waals surface area contributed by atoms with Gasteiger partial charge in [0.05, 0.1) is 7.05 Å². The average molecular weight is 403 g/mol. The number of hydrogen-bond donors (Lipinski definition) is 0. The number of esters is 1. The van der Waals surface area contributed by atoms with Gasteiger partial charge in [-0.2, -0.15) is 4.57 Å². The van der Waals surface area contributed by atoms with E-state index in [2.05, 4.69) is 20.9 Å². The molecule has 126 valence electrons. The van der Waals surface area contributed by atoms with Gasteiger partial charge in [0, 0.05) is 17.1 Å². The second kappa shape index (κ2) is 5.38. The van der Waals surface area contributed by atoms with Crippen molar-refractivity contribution in [1.82, 2.24) is 9.13 Å². The van der Waals surface area contributed by atoms with Gasteiger partial charge in [0.15, 0.2) is 12.3 Å². The maximum Gasteiger partial charge on any atom is 0.417 e. The van der Waals surface area contributed by atoms with Gasteiger partial charge in [-0.15, -0.1) is 0 Å². The van der Waals surface area contributed by atoms with Crippen LogP contribution >= 0.6 is 15.9 Å². The summed E-state index contributed by atoms with van der Waals surface area (Å²) < 4.78 is 8.36. The van der Waals surface area contributed by atoms with Crippen LogP contribution in [0.3, 0.4) is 0 Å². The van der Waals surface area contributed by atoms with Crippen molar-refractivity contribution in [3.63, 3.8) is 0 Å². The van der Waals surface area contributed by atoms with Gasteiger partial charge in [0.25, 0.3) is 11.2 Å². The predicted molar refractivity (Wildman–Crippen MR) is 93.2 cm³/mol. The van der Waals surface area contributed by atoms with Crippen LogP contribution < -0.4 is 16.2 Å². The SMILES string of the molecule is Cn1c(=O)c2c(-c3cccc(Br)c3)c3c([nH+]c2n(C)c1=O)COC3=O. The first kappa shape index (κ1) is 15.8. The zero-order chi connectivity index (χ0) is 17.9. The molecule has 25 heavy (non-hydrogen) atoms. The van der Waals surface area contributed by atoms with E-state index in [0.29, 0.717) is 28.0 Å². The van der Waals surface area contributed by atoms with E-state index in [9.17, 15) is 14.4 Å². The topological polar surface area (TPSA) is 84.4 Å². The number of nitrogens with one attached hydrogen (secondary N) is 1. The standard InChI is InChI=1S/C17H12BrN3O4/c1-20-14-13(15(22)21(2)17(20)24)11(8-4-3-5-9(18)6-8)12-10(19-14)7-25-16(12)23/h3-6H,7H2,1-2H3/p+1. The monoisotopic (exact) mass is 402 g/mol. The number of hydrogen-bond acceptors (Lipinski definition) is 4. The first-order valence-corrected chi connectivity index (χ1v) is 8.30. The Labute approximate surface area is 149 Å². The zero-order valence-electron chi connectivity index (χ0n) is 13.4. The number of benzene rings is 1. The van der Waals surface area contributed by atoms with Crippen molar-refractivity contribution in [3.05, 3.63) is 60.8 Å². The van der Waals surface area contributed by atoms with Crippen LogP contribution in [0.15, 0.2) is 38.3 Å². The first-order valence-electron chi connectivity index (χ1n) is 7.51. The van der Waals surface area contributed by atoms with Crippen LogP contribution in [0.1, 0.15) is 16.1 Å². The van der Waals surface area contributed by atoms with Crippen LogP contribution in [0.25, 0.3) is 22.2 Å². The molecule has 0 atom stereocenters. The second-order valence-electron chi connectivity index (χ2n) is 5.87. The molecule has 8 heteroatoms. The van der Waals surface area contributed by atoms with Gasteiger partial charge in [0.2, 0.25) is 0 Å². The fourth-order valence-electron chi connectivity index (χ4n) is 3.17. The Hall–Kier alpha value is -2.74. The van der Waals surface area contributed by atoms with Gasteiger partial charge < -0.3 is 4.74 Å². The van der Waals surface area contributed by atoms with Gasteiger partial charge in [-0.25, -0.2) is 19.1 Å². The van der Waals surface area contributed by atoms with Crippen molar-refractivity contribution < 1.29 is 14.5 Å². The fraction of sp³-hybridized carbons (Fsp3) is 0.176. The van der Waals surface area contributed by atoms with E-state index >= 15 is 0 Å². The number of aryl methyl sites for hydroxylation is 1. The summed E-state index contributed by atoms with van der Waals surface area (Å²) >= 11 is 3.42. The Morgan fingerprint density at radius 1 is 1.12 bits per heavy atom. The molecule has 0 amide bonds. The summed E-state index contributed by atoms with van der Waals surface area (Å²) in [6.07, 6.45) is 0. The number of fused-ring (bicyclic) bond motifs is 2. The molecule has 0 fully saturated rings. The number of cyclic esters (lactones) is 1. The molecule has 4 rings (SSSR count). The van der Waals surface area contributed by atoms with Crippen LogP contribution in [-0.4, -0.2) is 15.1 Å². The highest BCUT2D eigenvalue weighted by atomic mass is 79.9. The maximum atomic E-state index is 12.9. The summed E-state index contributed by atoms with van der Waals surface area (Å²) in [5.41, 5.74) is 1.51. The number of pyridine rings is 1. The lowest BCUT2D eigenvalue weighted by Crippen LogP contribution is -2.40. The molecule has 0 unspecified atom stereocenters. The Morgan fingerprint density at radius 3 is 2.60 bits per heavy atom. The number of carbonyl (C=O) groups excluding carboxylic acids is 1. The lowest BCUT2D eigenvalue weighted by Gasteiger charge is -2.10. The third-order valence-electron chi connectivity index (χ3n) is 4.40. The highest BCUT2D eigenvalue weighted by molar-refractivity contribution is 9.10. The van der Waals surface area contributed by atoms with E-state index in [-0.39, 0.29) is 12.0 Å². The third kappa shape index (κ3) is 2.17. The van der Waals surface area contributed by atoms with E-state index in [1.807, 2.05) is 24.3 Å². The molecule has 1 aliphatic rings. The number of H-pyrrole nitrogens is 1. The maximum absolute atomic E-state index is 12.9. The van der Waals surface area contributed by atoms with Crippen molar-refractivity contribution in [1.29, 1.82) is 0 Å². The minimum absolute atomic E-state index is 0.0779. The van der Waals surface area contributed by atoms with Crippen molar-refractivity contribution in [3.8, 4) is 11.1 Å². The predicted octanol–water partition coefficient (Wildman–Crippen LogP) is 1.15. The van der Waals surface area contributed by atoms with Crippen molar-refractivity contribution in [2.45, 2.75) is 6.61 Å². The van der Waals surface area contributed by atoms with Crippen molar-refractivity contribution in [2.75, 3.05) is 0 Å². The van der Waals surface area contributed by atoms with Crippen molar-refractivity contribution >= 4 is 32.9 Å². The minimum Gasteiger partial charge on any atom is -0.453 e. The lowest BCUT2D eigenvalue weighted by atomic mass is 9.96. The number of rotatable bonds is 1. The number of aromatic nitrogens is 3. The Kier molecular flexibility index (Phi) is 3.40. The van der Waals surface area contributed by atoms with E-state index in [1.54, 1.807) is 7.05 Å². The fourth-order valence-corrected chi connectivity index (χ4v) is 3.57. The molecule has 1 aliphatic heterocycles. The minimum atomic E-state index is -0.487. The highest BCUT2D eigenvalue weighted by Crippen LogP contribution is 2.34. The Morgan fingerprint density at radius 2 is 1.88 bits per heavy atom. The molecule has 1 aromatic carbocycles. The molecule has 3 aromatic rings. The smallest absolute Gasteiger partial charge is 0.417 e. The molecule has 7 nitrogen and oxygen atoms in total. The zero-order valence-corrected chi connectivity index (χ0v) is 15.0. The van der Waals surface area contributed by atoms with Crippen LogP contribution in [0.4, 0.5) is 0 Å². The molecule has 2 aromatic heterocycles. The quantitative estimate of drug-likeness (QED) is 0.571. The molecule has 1 N–H and O–H groups in total. The molecule has 0 radical (unpaired) electrons. The number of ether oxygens (including phenoxy) is 1. The van der Waals surface area contributed by atoms with Crippen LogP contribution in [0, 0.1) is 0 Å². The molecule has 0 spiro atoms. The van der Waals surface area contributed by atoms with Gasteiger partial charge in [-0.1, -0.05) is 28.1 Å². The third-order valence-corrected chi connectivity index (χ3v) is 4.89. The van der Waals surface area contributed by atoms with Gasteiger partial charge >= 0.3 is 11.7 Å². The summed E-state index contributed by atoms with van der Waals surface area (Å²) in [7, 11) is 3.00. The highest BCUT2D eigenvalue weighted by Gasteiger charge is 2.34. The van der Waals surface area contributed by atoms with E-state index < -0.39 is 17.2 Å². The molecule has 3 heterocycles. The summed E-state index contributed by atoms with van der Waals surface area (Å²) in [5.74, 6) is -0.487. The number of halogens is 1. The number of aromatic amines is 1. The molecule has 0 aliphatic carbocycles. The number of nitrogens with zero attached hydrogens (tertiary/aromatic N) is 2. The largest absolute Gasteiger partial charge is 0.453 e. The molecular formula is C17H13BrN3O4+. The van der Waals surface area contributed by atoms with Gasteiger partial charge in [-0.3, -0.25) is 4.79 Å².